The smallest absolute Gasteiger partial charge is 0.134 e. The van der Waals surface area contributed by atoms with Gasteiger partial charge in [-0.2, -0.15) is 5.26 Å². The van der Waals surface area contributed by atoms with Crippen molar-refractivity contribution in [1.82, 2.24) is 5.43 Å². The van der Waals surface area contributed by atoms with Crippen LogP contribution in [0, 0.1) is 11.3 Å². The molecule has 0 bridgehead atoms. The molecule has 0 unspecified atom stereocenters. The van der Waals surface area contributed by atoms with Gasteiger partial charge in [0.2, 0.25) is 0 Å². The largest absolute Gasteiger partial charge is 0.383 e. The molecule has 92 valence electrons. The molecule has 0 amide bonds. The number of rotatable bonds is 1. The second-order valence-electron chi connectivity index (χ2n) is 4.94. The van der Waals surface area contributed by atoms with Crippen molar-refractivity contribution < 1.29 is 0 Å². The number of nitrogens with zero attached hydrogens (tertiary/aromatic N) is 2. The minimum atomic E-state index is -0.228. The van der Waals surface area contributed by atoms with E-state index in [-0.39, 0.29) is 5.54 Å². The molecular formula is C14H16N4. The summed E-state index contributed by atoms with van der Waals surface area (Å²) in [5.41, 5.74) is 11.0. The Morgan fingerprint density at radius 1 is 1.22 bits per heavy atom. The maximum Gasteiger partial charge on any atom is 0.134 e. The van der Waals surface area contributed by atoms with Crippen LogP contribution in [0.1, 0.15) is 25.7 Å². The second-order valence-corrected chi connectivity index (χ2v) is 4.94. The third kappa shape index (κ3) is 1.48. The number of hydrogen-bond donors (Lipinski definition) is 2. The lowest BCUT2D eigenvalue weighted by Gasteiger charge is -2.27. The molecule has 0 atom stereocenters. The summed E-state index contributed by atoms with van der Waals surface area (Å²) in [5, 5.41) is 11.2. The fourth-order valence-corrected chi connectivity index (χ4v) is 2.97. The van der Waals surface area contributed by atoms with Crippen LogP contribution in [0.25, 0.3) is 0 Å². The SMILES string of the molecule is N#CC1=C(N)N(c2ccccc2)NC12CCCC2. The number of nitriles is 1. The highest BCUT2D eigenvalue weighted by atomic mass is 15.6. The molecule has 3 N–H and O–H groups in total. The average Bonchev–Trinajstić information content (AvgIpc) is 2.97. The van der Waals surface area contributed by atoms with E-state index in [0.29, 0.717) is 11.4 Å². The van der Waals surface area contributed by atoms with Gasteiger partial charge in [-0.15, -0.1) is 0 Å². The van der Waals surface area contributed by atoms with Crippen LogP contribution >= 0.6 is 0 Å². The average molecular weight is 240 g/mol. The van der Waals surface area contributed by atoms with Crippen LogP contribution in [0.5, 0.6) is 0 Å². The topological polar surface area (TPSA) is 65.1 Å². The second kappa shape index (κ2) is 4.04. The van der Waals surface area contributed by atoms with Crippen molar-refractivity contribution in [2.24, 2.45) is 5.73 Å². The van der Waals surface area contributed by atoms with Gasteiger partial charge in [-0.25, -0.2) is 5.43 Å². The molecule has 1 heterocycles. The number of hydrogen-bond acceptors (Lipinski definition) is 4. The molecule has 1 aliphatic carbocycles. The van der Waals surface area contributed by atoms with E-state index in [2.05, 4.69) is 11.5 Å². The van der Waals surface area contributed by atoms with Gasteiger partial charge in [0.25, 0.3) is 0 Å². The van der Waals surface area contributed by atoms with Crippen LogP contribution < -0.4 is 16.2 Å². The van der Waals surface area contributed by atoms with Crippen LogP contribution in [0.2, 0.25) is 0 Å². The van der Waals surface area contributed by atoms with Crippen molar-refractivity contribution in [2.75, 3.05) is 5.01 Å². The first-order valence-electron chi connectivity index (χ1n) is 6.30. The summed E-state index contributed by atoms with van der Waals surface area (Å²) in [7, 11) is 0. The number of nitrogens with one attached hydrogen (secondary N) is 1. The zero-order chi connectivity index (χ0) is 12.6. The fraction of sp³-hybridized carbons (Fsp3) is 0.357. The summed E-state index contributed by atoms with van der Waals surface area (Å²) in [6, 6.07) is 12.2. The molecule has 4 heteroatoms. The lowest BCUT2D eigenvalue weighted by atomic mass is 9.90. The minimum Gasteiger partial charge on any atom is -0.383 e. The van der Waals surface area contributed by atoms with Crippen LogP contribution in [0.4, 0.5) is 5.69 Å². The van der Waals surface area contributed by atoms with Crippen LogP contribution in [-0.2, 0) is 0 Å². The van der Waals surface area contributed by atoms with Crippen LogP contribution in [0.15, 0.2) is 41.7 Å². The highest BCUT2D eigenvalue weighted by Crippen LogP contribution is 2.41. The van der Waals surface area contributed by atoms with Gasteiger partial charge in [0, 0.05) is 0 Å². The van der Waals surface area contributed by atoms with Gasteiger partial charge in [-0.1, -0.05) is 31.0 Å². The van der Waals surface area contributed by atoms with Gasteiger partial charge < -0.3 is 5.73 Å². The zero-order valence-electron chi connectivity index (χ0n) is 10.2. The molecule has 1 fully saturated rings. The molecule has 1 spiro atoms. The molecule has 0 radical (unpaired) electrons. The van der Waals surface area contributed by atoms with E-state index in [0.717, 1.165) is 31.4 Å². The van der Waals surface area contributed by atoms with Crippen LogP contribution in [-0.4, -0.2) is 5.54 Å². The lowest BCUT2D eigenvalue weighted by molar-refractivity contribution is 0.428. The van der Waals surface area contributed by atoms with E-state index >= 15 is 0 Å². The van der Waals surface area contributed by atoms with Gasteiger partial charge in [-0.05, 0) is 25.0 Å². The molecule has 3 rings (SSSR count). The predicted molar refractivity (Wildman–Crippen MR) is 70.1 cm³/mol. The van der Waals surface area contributed by atoms with E-state index in [1.807, 2.05) is 35.3 Å². The highest BCUT2D eigenvalue weighted by molar-refractivity contribution is 5.58. The van der Waals surface area contributed by atoms with Crippen molar-refractivity contribution in [3.05, 3.63) is 41.7 Å². The van der Waals surface area contributed by atoms with Gasteiger partial charge in [0.15, 0.2) is 0 Å². The minimum absolute atomic E-state index is 0.228. The van der Waals surface area contributed by atoms with Gasteiger partial charge in [-0.3, -0.25) is 5.01 Å². The Labute approximate surface area is 107 Å². The Balaban J connectivity index is 2.02. The first-order chi connectivity index (χ1) is 8.77. The van der Waals surface area contributed by atoms with E-state index in [4.69, 9.17) is 5.73 Å². The van der Waals surface area contributed by atoms with Crippen molar-refractivity contribution >= 4 is 5.69 Å². The Hall–Kier alpha value is -1.99. The summed E-state index contributed by atoms with van der Waals surface area (Å²) in [6.45, 7) is 0. The van der Waals surface area contributed by atoms with E-state index in [1.54, 1.807) is 0 Å². The summed E-state index contributed by atoms with van der Waals surface area (Å²) in [6.07, 6.45) is 4.27. The summed E-state index contributed by atoms with van der Waals surface area (Å²) in [5.74, 6) is 0.547. The third-order valence-corrected chi connectivity index (χ3v) is 3.88. The molecule has 0 saturated heterocycles. The molecule has 1 aromatic carbocycles. The van der Waals surface area contributed by atoms with Crippen LogP contribution in [0.3, 0.4) is 0 Å². The lowest BCUT2D eigenvalue weighted by Crippen LogP contribution is -2.47. The molecule has 1 aromatic rings. The number of para-hydroxylation sites is 1. The highest BCUT2D eigenvalue weighted by Gasteiger charge is 2.46. The van der Waals surface area contributed by atoms with E-state index in [1.165, 1.54) is 0 Å². The number of benzene rings is 1. The fourth-order valence-electron chi connectivity index (χ4n) is 2.97. The van der Waals surface area contributed by atoms with E-state index in [9.17, 15) is 5.26 Å². The summed E-state index contributed by atoms with van der Waals surface area (Å²) < 4.78 is 0. The first-order valence-corrected chi connectivity index (χ1v) is 6.30. The molecule has 1 aliphatic heterocycles. The Morgan fingerprint density at radius 3 is 2.50 bits per heavy atom. The maximum atomic E-state index is 9.37. The Morgan fingerprint density at radius 2 is 1.89 bits per heavy atom. The maximum absolute atomic E-state index is 9.37. The quantitative estimate of drug-likeness (QED) is 0.788. The molecular weight excluding hydrogens is 224 g/mol. The van der Waals surface area contributed by atoms with Crippen molar-refractivity contribution in [1.29, 1.82) is 5.26 Å². The van der Waals surface area contributed by atoms with Gasteiger partial charge >= 0.3 is 0 Å². The number of nitrogens with two attached hydrogens (primary N) is 1. The van der Waals surface area contributed by atoms with Crippen molar-refractivity contribution in [3.63, 3.8) is 0 Å². The van der Waals surface area contributed by atoms with E-state index < -0.39 is 0 Å². The standard InChI is InChI=1S/C14H16N4/c15-10-12-13(16)18(11-6-2-1-3-7-11)17-14(12)8-4-5-9-14/h1-3,6-7,17H,4-5,8-9,16H2. The van der Waals surface area contributed by atoms with Gasteiger partial charge in [0.05, 0.1) is 16.8 Å². The molecule has 2 aliphatic rings. The molecule has 18 heavy (non-hydrogen) atoms. The third-order valence-electron chi connectivity index (χ3n) is 3.88. The number of hydrazine groups is 1. The Kier molecular flexibility index (Phi) is 2.49. The Bertz CT molecular complexity index is 520. The van der Waals surface area contributed by atoms with Crippen molar-refractivity contribution in [2.45, 2.75) is 31.2 Å². The zero-order valence-corrected chi connectivity index (χ0v) is 10.2. The summed E-state index contributed by atoms with van der Waals surface area (Å²) >= 11 is 0. The normalized spacial score (nSPS) is 21.6. The molecule has 4 nitrogen and oxygen atoms in total. The molecule has 1 saturated carbocycles. The van der Waals surface area contributed by atoms with Crippen molar-refractivity contribution in [3.8, 4) is 6.07 Å². The monoisotopic (exact) mass is 240 g/mol. The number of anilines is 1. The first kappa shape index (κ1) is 11.1. The van der Waals surface area contributed by atoms with Gasteiger partial charge in [0.1, 0.15) is 11.9 Å². The predicted octanol–water partition coefficient (Wildman–Crippen LogP) is 2.02. The summed E-state index contributed by atoms with van der Waals surface area (Å²) in [4.78, 5) is 0. The molecule has 0 aromatic heterocycles.